The molecule has 436 valence electrons. The van der Waals surface area contributed by atoms with E-state index in [4.69, 9.17) is 28.9 Å². The van der Waals surface area contributed by atoms with E-state index in [-0.39, 0.29) is 71.9 Å². The average molecular weight is 1140 g/mol. The van der Waals surface area contributed by atoms with Crippen LogP contribution in [0.4, 0.5) is 5.69 Å². The van der Waals surface area contributed by atoms with Gasteiger partial charge in [0.25, 0.3) is 5.91 Å². The molecule has 10 fully saturated rings. The molecule has 16 rings (SSSR count). The van der Waals surface area contributed by atoms with Gasteiger partial charge in [-0.05, 0) is 126 Å². The highest BCUT2D eigenvalue weighted by Gasteiger charge is 2.60. The van der Waals surface area contributed by atoms with Gasteiger partial charge in [-0.25, -0.2) is 15.2 Å². The number of cyclic esters (lactones) is 1. The number of anilines is 1. The fourth-order valence-corrected chi connectivity index (χ4v) is 16.5. The third-order valence-corrected chi connectivity index (χ3v) is 21.2. The second-order valence-electron chi connectivity index (χ2n) is 27.3. The predicted octanol–water partition coefficient (Wildman–Crippen LogP) is 8.48. The number of pyridine rings is 2. The zero-order valence-corrected chi connectivity index (χ0v) is 49.7. The Balaban J connectivity index is 0.905. The summed E-state index contributed by atoms with van der Waals surface area (Å²) in [6, 6.07) is 14.4. The van der Waals surface area contributed by atoms with Gasteiger partial charge in [0, 0.05) is 135 Å². The molecule has 7 atom stereocenters. The number of carbonyl (C=O) groups excluding carboxylic acids is 3. The summed E-state index contributed by atoms with van der Waals surface area (Å²) in [6.45, 7) is 19.9. The lowest BCUT2D eigenvalue weighted by Crippen LogP contribution is -2.75. The fourth-order valence-electron chi connectivity index (χ4n) is 15.5. The number of fused-ring (bicyclic) bond motifs is 5. The van der Waals surface area contributed by atoms with Crippen molar-refractivity contribution < 1.29 is 33.3 Å². The zero-order chi connectivity index (χ0) is 56.4. The van der Waals surface area contributed by atoms with Crippen LogP contribution in [0.2, 0.25) is 0 Å². The minimum Gasteiger partial charge on any atom is -0.464 e. The van der Waals surface area contributed by atoms with Crippen molar-refractivity contribution in [1.29, 1.82) is 0 Å². The van der Waals surface area contributed by atoms with Crippen molar-refractivity contribution in [2.75, 3.05) is 71.1 Å². The minimum absolute atomic E-state index is 0.0480. The maximum absolute atomic E-state index is 15.7. The maximum Gasteiger partial charge on any atom is 0.328 e. The average Bonchev–Trinajstić information content (AvgIpc) is 2.81. The number of nitrogens with one attached hydrogen (secondary N) is 2. The van der Waals surface area contributed by atoms with Gasteiger partial charge in [-0.3, -0.25) is 34.4 Å². The molecule has 6 saturated heterocycles. The van der Waals surface area contributed by atoms with Crippen LogP contribution < -0.4 is 15.6 Å². The summed E-state index contributed by atoms with van der Waals surface area (Å²) in [5.41, 5.74) is 10.5. The normalized spacial score (nSPS) is 31.9. The Kier molecular flexibility index (Phi) is 14.0. The standard InChI is InChI=1S/C64H82N10O7S/c1-37-52(49-10-8-9-16-65-49)53(37)58(75)68-55-57(73-33-39-24-43(73)25-39)59-67-50(35-82-59)41-11-14-51-46(26-41)48(31-62(3,4)36-80-61(77)64-28-40(29-64)34-74(69-64)60(55)76)56(72(51)21-23-79-45-15-22-81-63(5,6)30-45)47-27-44(32-66-54(47)38(2)78-7)71-19-17-70(18-20-71)42-12-13-42/h8-11,14,16,26-27,32,35,37-40,42-43,45,52-53,55,57,69H,12-13,15,17-25,28-31,33-34,36H2,1-7H3,(H,68,75)/t37-,38-,39?,40?,43?,45?,52-,53+,55-,57-,64?/m0/s1. The van der Waals surface area contributed by atoms with E-state index in [0.29, 0.717) is 51.5 Å². The third-order valence-electron chi connectivity index (χ3n) is 20.3. The Hall–Kier alpha value is -5.34. The SMILES string of the molecule is CO[C@@H](C)c1ncc(N2CCN(C3CC3)CC2)cc1-c1c2c3cc(ccc3n1CCOC1CCOC(C)(C)C1)-c1csc(n1)[C@@H](N1CC3CC1C3)[C@H](NC(=O)[C@@H]1[C@@H](C)[C@H]1c1ccccn1)C(=O)N1CC3CC(C3)(N1)C(=O)OCC(C)(C)C2. The lowest BCUT2D eigenvalue weighted by molar-refractivity contribution is -0.180. The summed E-state index contributed by atoms with van der Waals surface area (Å²) >= 11 is 1.56. The molecule has 1 aromatic carbocycles. The highest BCUT2D eigenvalue weighted by atomic mass is 32.1. The van der Waals surface area contributed by atoms with E-state index in [1.807, 2.05) is 24.4 Å². The second-order valence-corrected chi connectivity index (χ2v) is 28.1. The highest BCUT2D eigenvalue weighted by molar-refractivity contribution is 7.10. The molecule has 11 heterocycles. The molecule has 11 aliphatic rings. The van der Waals surface area contributed by atoms with Gasteiger partial charge in [0.05, 0.1) is 66.0 Å². The molecule has 7 aliphatic heterocycles. The largest absolute Gasteiger partial charge is 0.464 e. The van der Waals surface area contributed by atoms with Crippen LogP contribution in [0, 0.1) is 29.1 Å². The molecule has 1 unspecified atom stereocenters. The summed E-state index contributed by atoms with van der Waals surface area (Å²) < 4.78 is 28.2. The van der Waals surface area contributed by atoms with Gasteiger partial charge < -0.3 is 33.7 Å². The monoisotopic (exact) mass is 1130 g/mol. The molecule has 4 aliphatic carbocycles. The van der Waals surface area contributed by atoms with E-state index in [1.165, 1.54) is 12.8 Å². The third kappa shape index (κ3) is 10.1. The summed E-state index contributed by atoms with van der Waals surface area (Å²) in [7, 11) is 1.76. The van der Waals surface area contributed by atoms with Gasteiger partial charge in [-0.2, -0.15) is 0 Å². The van der Waals surface area contributed by atoms with Crippen molar-refractivity contribution in [3.05, 3.63) is 82.2 Å². The topological polar surface area (TPSA) is 169 Å². The molecule has 4 aromatic heterocycles. The predicted molar refractivity (Wildman–Crippen MR) is 314 cm³/mol. The highest BCUT2D eigenvalue weighted by Crippen LogP contribution is 2.54. The summed E-state index contributed by atoms with van der Waals surface area (Å²) in [6.07, 6.45) is 11.7. The molecule has 17 nitrogen and oxygen atoms in total. The van der Waals surface area contributed by atoms with Crippen LogP contribution in [0.5, 0.6) is 0 Å². The number of carbonyl (C=O) groups is 3. The molecule has 2 N–H and O–H groups in total. The van der Waals surface area contributed by atoms with E-state index in [9.17, 15) is 9.59 Å². The van der Waals surface area contributed by atoms with E-state index in [0.717, 1.165) is 126 Å². The van der Waals surface area contributed by atoms with Gasteiger partial charge in [0.15, 0.2) is 0 Å². The minimum atomic E-state index is -1.07. The van der Waals surface area contributed by atoms with Crippen LogP contribution in [-0.2, 0) is 46.3 Å². The first-order chi connectivity index (χ1) is 39.5. The Morgan fingerprint density at radius 1 is 0.963 bits per heavy atom. The molecule has 4 saturated carbocycles. The first kappa shape index (κ1) is 54.6. The van der Waals surface area contributed by atoms with E-state index >= 15 is 4.79 Å². The van der Waals surface area contributed by atoms with Crippen molar-refractivity contribution in [1.82, 2.24) is 45.1 Å². The number of hydrazine groups is 1. The number of aromatic nitrogens is 4. The van der Waals surface area contributed by atoms with Gasteiger partial charge >= 0.3 is 5.97 Å². The Morgan fingerprint density at radius 3 is 2.51 bits per heavy atom. The number of piperazine rings is 1. The van der Waals surface area contributed by atoms with Crippen molar-refractivity contribution in [2.24, 2.45) is 29.1 Å². The molecular formula is C64H82N10O7S. The number of hydrogen-bond donors (Lipinski definition) is 2. The van der Waals surface area contributed by atoms with Crippen LogP contribution in [0.25, 0.3) is 33.4 Å². The fraction of sp³-hybridized carbons (Fsp3) is 0.625. The summed E-state index contributed by atoms with van der Waals surface area (Å²) in [5, 5.41) is 9.05. The number of hydrogen-bond acceptors (Lipinski definition) is 15. The summed E-state index contributed by atoms with van der Waals surface area (Å²) in [4.78, 5) is 68.5. The Morgan fingerprint density at radius 2 is 1.78 bits per heavy atom. The number of benzene rings is 1. The Bertz CT molecular complexity index is 3250. The van der Waals surface area contributed by atoms with Crippen LogP contribution in [0.3, 0.4) is 0 Å². The van der Waals surface area contributed by atoms with Crippen LogP contribution in [0.15, 0.2) is 60.2 Å². The van der Waals surface area contributed by atoms with Crippen molar-refractivity contribution in [3.63, 3.8) is 0 Å². The lowest BCUT2D eigenvalue weighted by Gasteiger charge is -2.55. The molecule has 82 heavy (non-hydrogen) atoms. The Labute approximate surface area is 486 Å². The maximum atomic E-state index is 15.7. The number of thiazole rings is 1. The molecule has 1 spiro atoms. The number of methoxy groups -OCH3 is 1. The second kappa shape index (κ2) is 21.0. The molecular weight excluding hydrogens is 1050 g/mol. The molecule has 0 radical (unpaired) electrons. The number of ether oxygens (including phenoxy) is 4. The first-order valence-electron chi connectivity index (χ1n) is 30.6. The number of nitrogens with zero attached hydrogens (tertiary/aromatic N) is 8. The van der Waals surface area contributed by atoms with Gasteiger partial charge in [-0.1, -0.05) is 32.9 Å². The first-order valence-corrected chi connectivity index (χ1v) is 31.5. The zero-order valence-electron chi connectivity index (χ0n) is 48.9. The molecule has 2 amide bonds. The van der Waals surface area contributed by atoms with Crippen LogP contribution >= 0.6 is 11.3 Å². The molecule has 5 aromatic rings. The quantitative estimate of drug-likeness (QED) is 0.108. The van der Waals surface area contributed by atoms with Gasteiger partial charge in [0.2, 0.25) is 5.91 Å². The smallest absolute Gasteiger partial charge is 0.328 e. The van der Waals surface area contributed by atoms with Crippen LogP contribution in [0.1, 0.15) is 133 Å². The van der Waals surface area contributed by atoms with Crippen LogP contribution in [-0.4, -0.2) is 154 Å². The van der Waals surface area contributed by atoms with Gasteiger partial charge in [-0.15, -0.1) is 11.3 Å². The van der Waals surface area contributed by atoms with Crippen molar-refractivity contribution in [2.45, 2.75) is 159 Å². The number of amides is 2. The van der Waals surface area contributed by atoms with E-state index in [1.54, 1.807) is 29.7 Å². The van der Waals surface area contributed by atoms with E-state index < -0.39 is 23.0 Å². The number of esters is 1. The number of rotatable bonds is 13. The lowest BCUT2D eigenvalue weighted by atomic mass is 9.66. The van der Waals surface area contributed by atoms with E-state index in [2.05, 4.69) is 106 Å². The summed E-state index contributed by atoms with van der Waals surface area (Å²) in [5.74, 6) is -0.460. The van der Waals surface area contributed by atoms with Crippen molar-refractivity contribution >= 4 is 45.7 Å². The molecule has 18 heteroatoms. The van der Waals surface area contributed by atoms with Gasteiger partial charge in [0.1, 0.15) is 16.6 Å². The molecule has 9 bridgehead atoms. The van der Waals surface area contributed by atoms with Crippen molar-refractivity contribution in [3.8, 4) is 22.5 Å².